The van der Waals surface area contributed by atoms with E-state index in [2.05, 4.69) is 10.6 Å². The van der Waals surface area contributed by atoms with Crippen LogP contribution in [-0.2, 0) is 27.7 Å². The number of anilines is 2. The van der Waals surface area contributed by atoms with E-state index in [1.54, 1.807) is 43.3 Å². The van der Waals surface area contributed by atoms with Gasteiger partial charge < -0.3 is 25.6 Å². The summed E-state index contributed by atoms with van der Waals surface area (Å²) in [5, 5.41) is 23.7. The van der Waals surface area contributed by atoms with Crippen LogP contribution in [0.25, 0.3) is 0 Å². The molecule has 4 aromatic rings. The van der Waals surface area contributed by atoms with E-state index in [-0.39, 0.29) is 39.6 Å². The van der Waals surface area contributed by atoms with Crippen molar-refractivity contribution in [3.8, 4) is 5.75 Å². The highest BCUT2D eigenvalue weighted by atomic mass is 32.2. The fourth-order valence-corrected chi connectivity index (χ4v) is 8.23. The largest absolute Gasteiger partial charge is 0.484 e. The number of carboxylic acids is 2. The number of benzene rings is 4. The molecule has 0 bridgehead atoms. The summed E-state index contributed by atoms with van der Waals surface area (Å²) in [6.07, 6.45) is -2.01. The van der Waals surface area contributed by atoms with Crippen molar-refractivity contribution in [2.75, 3.05) is 23.8 Å². The molecule has 4 N–H and O–H groups in total. The SMILES string of the molecule is CCN(C1CCC(C(=O)O)CC1)S(=O)(=O)c1cccc(C(=O)Nc2ccc(OCC(F)(F)F)cc2C(=O)Nc2ccc(CCc3ccc(C(=O)O)cc3)cc2)c1. The molecule has 0 heterocycles. The van der Waals surface area contributed by atoms with E-state index in [9.17, 15) is 45.9 Å². The van der Waals surface area contributed by atoms with Crippen molar-refractivity contribution in [1.29, 1.82) is 0 Å². The lowest BCUT2D eigenvalue weighted by Crippen LogP contribution is -2.42. The van der Waals surface area contributed by atoms with Crippen molar-refractivity contribution in [2.24, 2.45) is 5.92 Å². The van der Waals surface area contributed by atoms with Gasteiger partial charge in [-0.15, -0.1) is 0 Å². The normalized spacial score (nSPS) is 15.9. The lowest BCUT2D eigenvalue weighted by atomic mass is 9.86. The third kappa shape index (κ3) is 10.7. The zero-order valence-electron chi connectivity index (χ0n) is 30.2. The Morgan fingerprint density at radius 1 is 0.786 bits per heavy atom. The van der Waals surface area contributed by atoms with Crippen LogP contribution in [0.1, 0.15) is 74.8 Å². The van der Waals surface area contributed by atoms with E-state index in [4.69, 9.17) is 9.84 Å². The number of aromatic carboxylic acids is 1. The maximum Gasteiger partial charge on any atom is 0.422 e. The molecule has 0 radical (unpaired) electrons. The minimum Gasteiger partial charge on any atom is -0.484 e. The van der Waals surface area contributed by atoms with E-state index < -0.39 is 58.5 Å². The molecule has 0 spiro atoms. The van der Waals surface area contributed by atoms with E-state index in [0.29, 0.717) is 44.2 Å². The second-order valence-corrected chi connectivity index (χ2v) is 15.2. The number of halogens is 3. The molecular formula is C40H40F3N3O9S. The van der Waals surface area contributed by atoms with Crippen molar-refractivity contribution >= 4 is 45.2 Å². The first-order valence-electron chi connectivity index (χ1n) is 17.8. The van der Waals surface area contributed by atoms with Gasteiger partial charge in [0, 0.05) is 23.8 Å². The average molecular weight is 796 g/mol. The molecule has 0 saturated heterocycles. The van der Waals surface area contributed by atoms with Crippen molar-refractivity contribution in [3.05, 3.63) is 119 Å². The number of carbonyl (C=O) groups is 4. The van der Waals surface area contributed by atoms with Crippen molar-refractivity contribution < 1.29 is 55.7 Å². The summed E-state index contributed by atoms with van der Waals surface area (Å²) in [4.78, 5) is 49.5. The Morgan fingerprint density at radius 2 is 1.41 bits per heavy atom. The predicted molar refractivity (Wildman–Crippen MR) is 201 cm³/mol. The van der Waals surface area contributed by atoms with Gasteiger partial charge in [-0.1, -0.05) is 37.3 Å². The van der Waals surface area contributed by atoms with Gasteiger partial charge in [-0.25, -0.2) is 13.2 Å². The Hall–Kier alpha value is -5.74. The summed E-state index contributed by atoms with van der Waals surface area (Å²) in [6.45, 7) is 0.171. The molecule has 1 aliphatic carbocycles. The number of ether oxygens (including phenoxy) is 1. The second kappa shape index (κ2) is 17.8. The lowest BCUT2D eigenvalue weighted by molar-refractivity contribution is -0.153. The van der Waals surface area contributed by atoms with E-state index in [1.165, 1.54) is 46.8 Å². The highest BCUT2D eigenvalue weighted by Gasteiger charge is 2.35. The number of carbonyl (C=O) groups excluding carboxylic acids is 2. The Labute approximate surface area is 321 Å². The highest BCUT2D eigenvalue weighted by Crippen LogP contribution is 2.32. The molecule has 0 unspecified atom stereocenters. The number of carboxylic acid groups (broad SMARTS) is 2. The highest BCUT2D eigenvalue weighted by molar-refractivity contribution is 7.89. The molecule has 16 heteroatoms. The smallest absolute Gasteiger partial charge is 0.422 e. The van der Waals surface area contributed by atoms with Crippen molar-refractivity contribution in [3.63, 3.8) is 0 Å². The number of aliphatic carboxylic acids is 1. The fourth-order valence-electron chi connectivity index (χ4n) is 6.49. The summed E-state index contributed by atoms with van der Waals surface area (Å²) in [6, 6.07) is 21.6. The minimum absolute atomic E-state index is 0.0751. The third-order valence-corrected chi connectivity index (χ3v) is 11.5. The van der Waals surface area contributed by atoms with Gasteiger partial charge in [0.05, 0.1) is 27.6 Å². The topological polar surface area (TPSA) is 179 Å². The number of hydrogen-bond donors (Lipinski definition) is 4. The van der Waals surface area contributed by atoms with E-state index >= 15 is 0 Å². The molecular weight excluding hydrogens is 756 g/mol. The molecule has 0 aromatic heterocycles. The minimum atomic E-state index is -4.66. The molecule has 1 aliphatic rings. The van der Waals surface area contributed by atoms with Crippen LogP contribution in [-0.4, -0.2) is 72.1 Å². The molecule has 2 amide bonds. The van der Waals surface area contributed by atoms with Gasteiger partial charge in [-0.2, -0.15) is 17.5 Å². The van der Waals surface area contributed by atoms with Gasteiger partial charge in [0.15, 0.2) is 6.61 Å². The van der Waals surface area contributed by atoms with Gasteiger partial charge in [-0.05, 0) is 110 Å². The summed E-state index contributed by atoms with van der Waals surface area (Å²) >= 11 is 0. The molecule has 0 aliphatic heterocycles. The van der Waals surface area contributed by atoms with Crippen LogP contribution in [0.3, 0.4) is 0 Å². The van der Waals surface area contributed by atoms with Crippen molar-refractivity contribution in [1.82, 2.24) is 4.31 Å². The van der Waals surface area contributed by atoms with Crippen LogP contribution >= 0.6 is 0 Å². The number of alkyl halides is 3. The maximum atomic E-state index is 13.8. The zero-order chi connectivity index (χ0) is 40.6. The Balaban J connectivity index is 1.32. The van der Waals surface area contributed by atoms with Crippen LogP contribution < -0.4 is 15.4 Å². The monoisotopic (exact) mass is 795 g/mol. The quantitative estimate of drug-likeness (QED) is 0.0963. The van der Waals surface area contributed by atoms with Crippen LogP contribution in [0.5, 0.6) is 5.75 Å². The molecule has 4 aromatic carbocycles. The van der Waals surface area contributed by atoms with Crippen LogP contribution in [0.4, 0.5) is 24.5 Å². The number of aryl methyl sites for hydroxylation is 2. The Kier molecular flexibility index (Phi) is 13.2. The van der Waals surface area contributed by atoms with Crippen LogP contribution in [0, 0.1) is 5.92 Å². The zero-order valence-corrected chi connectivity index (χ0v) is 31.0. The van der Waals surface area contributed by atoms with Crippen LogP contribution in [0.2, 0.25) is 0 Å². The lowest BCUT2D eigenvalue weighted by Gasteiger charge is -2.34. The summed E-state index contributed by atoms with van der Waals surface area (Å²) in [5.74, 6) is -4.33. The molecule has 296 valence electrons. The molecule has 0 atom stereocenters. The number of sulfonamides is 1. The number of nitrogens with zero attached hydrogens (tertiary/aromatic N) is 1. The molecule has 1 saturated carbocycles. The first-order valence-corrected chi connectivity index (χ1v) is 19.2. The first-order chi connectivity index (χ1) is 26.5. The third-order valence-electron chi connectivity index (χ3n) is 9.47. The molecule has 56 heavy (non-hydrogen) atoms. The Morgan fingerprint density at radius 3 is 1.98 bits per heavy atom. The fraction of sp³-hybridized carbons (Fsp3) is 0.300. The predicted octanol–water partition coefficient (Wildman–Crippen LogP) is 7.27. The first kappa shape index (κ1) is 41.4. The summed E-state index contributed by atoms with van der Waals surface area (Å²) in [7, 11) is -4.11. The number of amides is 2. The summed E-state index contributed by atoms with van der Waals surface area (Å²) in [5.41, 5.74) is 1.98. The van der Waals surface area contributed by atoms with Crippen LogP contribution in [0.15, 0.2) is 95.9 Å². The molecule has 1 fully saturated rings. The van der Waals surface area contributed by atoms with E-state index in [1.807, 2.05) is 0 Å². The van der Waals surface area contributed by atoms with Gasteiger partial charge in [0.25, 0.3) is 11.8 Å². The standard InChI is InChI=1S/C40H40F3N3O9S/c1-2-46(31-18-14-28(15-19-31)39(51)52)56(53,54)33-5-3-4-29(22-33)36(47)45-35-21-20-32(55-24-40(41,42)43)23-34(35)37(48)44-30-16-10-26(11-17-30)7-6-25-8-12-27(13-9-25)38(49)50/h3-5,8-13,16-17,20-23,28,31H,2,6-7,14-15,18-19,24H2,1H3,(H,44,48)(H,45,47)(H,49,50)(H,51,52). The van der Waals surface area contributed by atoms with Gasteiger partial charge in [-0.3, -0.25) is 14.4 Å². The van der Waals surface area contributed by atoms with Gasteiger partial charge >= 0.3 is 18.1 Å². The maximum absolute atomic E-state index is 13.8. The van der Waals surface area contributed by atoms with Gasteiger partial charge in [0.2, 0.25) is 10.0 Å². The number of rotatable bonds is 15. The molecule has 5 rings (SSSR count). The summed E-state index contributed by atoms with van der Waals surface area (Å²) < 4.78 is 72.5. The van der Waals surface area contributed by atoms with Gasteiger partial charge in [0.1, 0.15) is 5.75 Å². The number of hydrogen-bond acceptors (Lipinski definition) is 7. The number of nitrogens with one attached hydrogen (secondary N) is 2. The molecule has 12 nitrogen and oxygen atoms in total. The van der Waals surface area contributed by atoms with E-state index in [0.717, 1.165) is 23.3 Å². The second-order valence-electron chi connectivity index (χ2n) is 13.3. The van der Waals surface area contributed by atoms with Crippen molar-refractivity contribution in [2.45, 2.75) is 62.6 Å². The average Bonchev–Trinajstić information content (AvgIpc) is 3.17. The Bertz CT molecular complexity index is 2170.